The van der Waals surface area contributed by atoms with Gasteiger partial charge >= 0.3 is 5.97 Å². The molecule has 4 aliphatic rings. The summed E-state index contributed by atoms with van der Waals surface area (Å²) in [4.78, 5) is 51.6. The van der Waals surface area contributed by atoms with E-state index in [1.165, 1.54) is 0 Å². The van der Waals surface area contributed by atoms with Crippen LogP contribution in [-0.4, -0.2) is 48.6 Å². The first-order valence-electron chi connectivity index (χ1n) is 13.5. The van der Waals surface area contributed by atoms with Crippen molar-refractivity contribution >= 4 is 33.4 Å². The molecule has 9 heteroatoms. The predicted octanol–water partition coefficient (Wildman–Crippen LogP) is 3.81. The van der Waals surface area contributed by atoms with Crippen molar-refractivity contribution in [3.8, 4) is 0 Å². The molecule has 0 bridgehead atoms. The van der Waals surface area contributed by atoms with Crippen LogP contribution in [0.2, 0.25) is 0 Å². The SMILES string of the molecule is C[C@H](CCC(=O)OCCCS(=O)(=O)O)C1CC[C@H]2[C@@H]3C(=O)CC4CC(=O)CCC4(C)[C@H]3CC(=O)[C@]12C. The number of fused-ring (bicyclic) bond motifs is 5. The van der Waals surface area contributed by atoms with E-state index in [0.29, 0.717) is 32.1 Å². The van der Waals surface area contributed by atoms with E-state index in [9.17, 15) is 27.6 Å². The van der Waals surface area contributed by atoms with Gasteiger partial charge in [-0.1, -0.05) is 20.8 Å². The first-order valence-corrected chi connectivity index (χ1v) is 15.1. The van der Waals surface area contributed by atoms with Gasteiger partial charge in [0.15, 0.2) is 0 Å². The highest BCUT2D eigenvalue weighted by molar-refractivity contribution is 7.85. The lowest BCUT2D eigenvalue weighted by atomic mass is 9.44. The van der Waals surface area contributed by atoms with Crippen molar-refractivity contribution in [1.29, 1.82) is 0 Å². The molecule has 4 saturated carbocycles. The van der Waals surface area contributed by atoms with Gasteiger partial charge in [-0.2, -0.15) is 8.42 Å². The van der Waals surface area contributed by atoms with Gasteiger partial charge in [-0.25, -0.2) is 0 Å². The van der Waals surface area contributed by atoms with Crippen LogP contribution in [0.15, 0.2) is 0 Å². The van der Waals surface area contributed by atoms with Crippen LogP contribution in [0.3, 0.4) is 0 Å². The lowest BCUT2D eigenvalue weighted by Gasteiger charge is -2.58. The van der Waals surface area contributed by atoms with Gasteiger partial charge in [-0.15, -0.1) is 0 Å². The van der Waals surface area contributed by atoms with Crippen molar-refractivity contribution < 1.29 is 36.9 Å². The van der Waals surface area contributed by atoms with Crippen molar-refractivity contribution in [2.75, 3.05) is 12.4 Å². The summed E-state index contributed by atoms with van der Waals surface area (Å²) < 4.78 is 35.4. The molecule has 4 aliphatic carbocycles. The Labute approximate surface area is 214 Å². The van der Waals surface area contributed by atoms with Gasteiger partial charge in [0, 0.05) is 43.4 Å². The van der Waals surface area contributed by atoms with Crippen molar-refractivity contribution in [3.63, 3.8) is 0 Å². The molecule has 0 amide bonds. The summed E-state index contributed by atoms with van der Waals surface area (Å²) in [6, 6.07) is 0. The zero-order valence-electron chi connectivity index (χ0n) is 21.7. The molecule has 0 aromatic rings. The third-order valence-electron chi connectivity index (χ3n) is 10.5. The van der Waals surface area contributed by atoms with Crippen molar-refractivity contribution in [2.45, 2.75) is 85.0 Å². The Bertz CT molecular complexity index is 1030. The molecule has 0 heterocycles. The molecule has 4 fully saturated rings. The number of hydrogen-bond donors (Lipinski definition) is 1. The fourth-order valence-electron chi connectivity index (χ4n) is 8.44. The van der Waals surface area contributed by atoms with E-state index in [-0.39, 0.29) is 77.7 Å². The molecule has 0 spiro atoms. The lowest BCUT2D eigenvalue weighted by molar-refractivity contribution is -0.166. The number of hydrogen-bond acceptors (Lipinski definition) is 7. The third kappa shape index (κ3) is 4.94. The molecule has 36 heavy (non-hydrogen) atoms. The van der Waals surface area contributed by atoms with Gasteiger partial charge in [-0.05, 0) is 67.1 Å². The van der Waals surface area contributed by atoms with Crippen molar-refractivity contribution in [2.24, 2.45) is 46.3 Å². The molecule has 0 aromatic heterocycles. The second-order valence-electron chi connectivity index (χ2n) is 12.3. The first kappa shape index (κ1) is 27.4. The molecule has 0 aliphatic heterocycles. The smallest absolute Gasteiger partial charge is 0.305 e. The number of esters is 1. The largest absolute Gasteiger partial charge is 0.466 e. The molecule has 8 atom stereocenters. The van der Waals surface area contributed by atoms with Crippen LogP contribution in [0.5, 0.6) is 0 Å². The molecule has 202 valence electrons. The quantitative estimate of drug-likeness (QED) is 0.288. The molecule has 3 unspecified atom stereocenters. The Morgan fingerprint density at radius 3 is 2.53 bits per heavy atom. The Morgan fingerprint density at radius 2 is 1.83 bits per heavy atom. The molecule has 8 nitrogen and oxygen atoms in total. The number of ether oxygens (including phenoxy) is 1. The highest BCUT2D eigenvalue weighted by Crippen LogP contribution is 2.66. The molecule has 0 radical (unpaired) electrons. The summed E-state index contributed by atoms with van der Waals surface area (Å²) in [6.07, 6.45) is 5.11. The summed E-state index contributed by atoms with van der Waals surface area (Å²) in [5.74, 6) is 0.0250. The van der Waals surface area contributed by atoms with Crippen LogP contribution in [0.4, 0.5) is 0 Å². The minimum atomic E-state index is -4.07. The second kappa shape index (κ2) is 9.93. The number of Topliss-reactive ketones (excluding diaryl/α,β-unsaturated/α-hetero) is 3. The van der Waals surface area contributed by atoms with Crippen LogP contribution < -0.4 is 0 Å². The standard InChI is InChI=1S/C27H40O8S/c1-16(5-8-24(31)35-11-4-12-36(32,33)34)19-6-7-20-25-21(15-23(30)27(19,20)3)26(2)10-9-18(28)13-17(26)14-22(25)29/h16-17,19-21,25H,4-15H2,1-3H3,(H,32,33,34)/t16-,17?,19?,20+,21+,25+,26?,27-/m1/s1. The van der Waals surface area contributed by atoms with E-state index in [0.717, 1.165) is 19.3 Å². The summed E-state index contributed by atoms with van der Waals surface area (Å²) in [7, 11) is -4.07. The van der Waals surface area contributed by atoms with E-state index in [1.54, 1.807) is 0 Å². The van der Waals surface area contributed by atoms with Gasteiger partial charge in [0.1, 0.15) is 17.3 Å². The predicted molar refractivity (Wildman–Crippen MR) is 131 cm³/mol. The average Bonchev–Trinajstić information content (AvgIpc) is 3.15. The van der Waals surface area contributed by atoms with Gasteiger partial charge < -0.3 is 4.74 Å². The summed E-state index contributed by atoms with van der Waals surface area (Å²) in [6.45, 7) is 6.26. The highest BCUT2D eigenvalue weighted by Gasteiger charge is 2.66. The van der Waals surface area contributed by atoms with Gasteiger partial charge in [-0.3, -0.25) is 23.7 Å². The first-order chi connectivity index (χ1) is 16.8. The molecule has 0 aromatic carbocycles. The molecular weight excluding hydrogens is 484 g/mol. The van der Waals surface area contributed by atoms with E-state index in [2.05, 4.69) is 13.8 Å². The van der Waals surface area contributed by atoms with E-state index >= 15 is 0 Å². The van der Waals surface area contributed by atoms with Crippen LogP contribution in [0.25, 0.3) is 0 Å². The Morgan fingerprint density at radius 1 is 1.11 bits per heavy atom. The molecule has 0 saturated heterocycles. The maximum atomic E-state index is 13.8. The van der Waals surface area contributed by atoms with Crippen LogP contribution in [-0.2, 0) is 34.0 Å². The summed E-state index contributed by atoms with van der Waals surface area (Å²) in [5.41, 5.74) is -0.713. The highest BCUT2D eigenvalue weighted by atomic mass is 32.2. The van der Waals surface area contributed by atoms with Crippen molar-refractivity contribution in [1.82, 2.24) is 0 Å². The van der Waals surface area contributed by atoms with Gasteiger partial charge in [0.05, 0.1) is 12.4 Å². The normalized spacial score (nSPS) is 39.2. The number of ketones is 3. The number of rotatable bonds is 8. The monoisotopic (exact) mass is 524 g/mol. The van der Waals surface area contributed by atoms with E-state index in [4.69, 9.17) is 9.29 Å². The zero-order chi connectivity index (χ0) is 26.5. The maximum Gasteiger partial charge on any atom is 0.305 e. The molecule has 1 N–H and O–H groups in total. The Balaban J connectivity index is 1.41. The Hall–Kier alpha value is -1.61. The third-order valence-corrected chi connectivity index (χ3v) is 11.3. The van der Waals surface area contributed by atoms with E-state index < -0.39 is 27.3 Å². The van der Waals surface area contributed by atoms with Crippen molar-refractivity contribution in [3.05, 3.63) is 0 Å². The fourth-order valence-corrected chi connectivity index (χ4v) is 8.92. The van der Waals surface area contributed by atoms with E-state index in [1.807, 2.05) is 6.92 Å². The Kier molecular flexibility index (Phi) is 7.57. The average molecular weight is 525 g/mol. The van der Waals surface area contributed by atoms with Gasteiger partial charge in [0.25, 0.3) is 10.1 Å². The van der Waals surface area contributed by atoms with Crippen LogP contribution in [0, 0.1) is 46.3 Å². The minimum absolute atomic E-state index is 0.0199. The minimum Gasteiger partial charge on any atom is -0.466 e. The zero-order valence-corrected chi connectivity index (χ0v) is 22.5. The number of carbonyl (C=O) groups is 4. The lowest BCUT2D eigenvalue weighted by Crippen LogP contribution is -2.60. The summed E-state index contributed by atoms with van der Waals surface area (Å²) >= 11 is 0. The maximum absolute atomic E-state index is 13.8. The van der Waals surface area contributed by atoms with Crippen LogP contribution >= 0.6 is 0 Å². The summed E-state index contributed by atoms with van der Waals surface area (Å²) in [5, 5.41) is 0. The second-order valence-corrected chi connectivity index (χ2v) is 13.9. The van der Waals surface area contributed by atoms with Crippen LogP contribution in [0.1, 0.15) is 85.0 Å². The molecular formula is C27H40O8S. The van der Waals surface area contributed by atoms with Gasteiger partial charge in [0.2, 0.25) is 0 Å². The topological polar surface area (TPSA) is 132 Å². The number of carbonyl (C=O) groups excluding carboxylic acids is 4. The fraction of sp³-hybridized carbons (Fsp3) is 0.852. The molecule has 4 rings (SSSR count).